The highest BCUT2D eigenvalue weighted by Gasteiger charge is 2.32. The smallest absolute Gasteiger partial charge is 0.338 e. The lowest BCUT2D eigenvalue weighted by Crippen LogP contribution is -2.32. The molecule has 0 unspecified atom stereocenters. The summed E-state index contributed by atoms with van der Waals surface area (Å²) in [5.41, 5.74) is 0.128. The van der Waals surface area contributed by atoms with Crippen molar-refractivity contribution in [2.75, 3.05) is 13.1 Å². The molecule has 0 spiro atoms. The van der Waals surface area contributed by atoms with Gasteiger partial charge in [0.1, 0.15) is 11.3 Å². The largest absolute Gasteiger partial charge is 0.417 e. The van der Waals surface area contributed by atoms with Crippen molar-refractivity contribution in [1.29, 1.82) is 0 Å². The summed E-state index contributed by atoms with van der Waals surface area (Å²) >= 11 is 0. The molecule has 21 heavy (non-hydrogen) atoms. The van der Waals surface area contributed by atoms with Crippen LogP contribution in [0.25, 0.3) is 5.65 Å². The second-order valence-electron chi connectivity index (χ2n) is 4.67. The van der Waals surface area contributed by atoms with Gasteiger partial charge in [0.05, 0.1) is 11.3 Å². The van der Waals surface area contributed by atoms with Crippen molar-refractivity contribution in [1.82, 2.24) is 14.3 Å². The maximum absolute atomic E-state index is 12.8. The summed E-state index contributed by atoms with van der Waals surface area (Å²) in [7, 11) is 0. The van der Waals surface area contributed by atoms with Gasteiger partial charge >= 0.3 is 6.18 Å². The number of carbonyl (C=O) groups excluding carboxylic acids is 1. The molecule has 0 radical (unpaired) electrons. The number of aryl methyl sites for hydroxylation is 1. The number of hydrogen-bond donors (Lipinski definition) is 0. The van der Waals surface area contributed by atoms with Crippen LogP contribution in [0.2, 0.25) is 0 Å². The molecule has 4 nitrogen and oxygen atoms in total. The molecule has 0 bridgehead atoms. The van der Waals surface area contributed by atoms with Gasteiger partial charge in [0.15, 0.2) is 0 Å². The Kier molecular flexibility index (Phi) is 3.93. The number of fused-ring (bicyclic) bond motifs is 1. The van der Waals surface area contributed by atoms with Crippen molar-refractivity contribution >= 4 is 11.6 Å². The molecule has 2 aromatic heterocycles. The predicted molar refractivity (Wildman–Crippen MR) is 72.2 cm³/mol. The van der Waals surface area contributed by atoms with Crippen LogP contribution in [0.1, 0.15) is 35.6 Å². The van der Waals surface area contributed by atoms with E-state index in [0.717, 1.165) is 12.3 Å². The Balaban J connectivity index is 2.62. The fourth-order valence-electron chi connectivity index (χ4n) is 2.25. The standard InChI is InChI=1S/C14H16F3N3O/c1-4-19(5-2)13(21)12-9(3)18-11-7-6-10(8-20(11)12)14(15,16)17/h6-8H,4-5H2,1-3H3. The van der Waals surface area contributed by atoms with Crippen LogP contribution in [-0.2, 0) is 6.18 Å². The van der Waals surface area contributed by atoms with Crippen molar-refractivity contribution < 1.29 is 18.0 Å². The molecule has 0 aliphatic rings. The van der Waals surface area contributed by atoms with Gasteiger partial charge in [-0.05, 0) is 32.9 Å². The fourth-order valence-corrected chi connectivity index (χ4v) is 2.25. The third-order valence-corrected chi connectivity index (χ3v) is 3.37. The quantitative estimate of drug-likeness (QED) is 0.873. The number of imidazole rings is 1. The number of aromatic nitrogens is 2. The van der Waals surface area contributed by atoms with Gasteiger partial charge in [0.25, 0.3) is 5.91 Å². The zero-order valence-corrected chi connectivity index (χ0v) is 12.0. The molecule has 0 saturated carbocycles. The second-order valence-corrected chi connectivity index (χ2v) is 4.67. The first-order valence-corrected chi connectivity index (χ1v) is 6.64. The van der Waals surface area contributed by atoms with E-state index in [2.05, 4.69) is 4.98 Å². The van der Waals surface area contributed by atoms with Crippen molar-refractivity contribution in [3.63, 3.8) is 0 Å². The average Bonchev–Trinajstić information content (AvgIpc) is 2.73. The van der Waals surface area contributed by atoms with Gasteiger partial charge in [-0.1, -0.05) is 0 Å². The molecule has 0 saturated heterocycles. The topological polar surface area (TPSA) is 37.6 Å². The summed E-state index contributed by atoms with van der Waals surface area (Å²) in [6, 6.07) is 2.24. The molecule has 0 atom stereocenters. The van der Waals surface area contributed by atoms with Crippen LogP contribution in [-0.4, -0.2) is 33.3 Å². The Morgan fingerprint density at radius 1 is 1.29 bits per heavy atom. The summed E-state index contributed by atoms with van der Waals surface area (Å²) in [6.45, 7) is 6.24. The van der Waals surface area contributed by atoms with E-state index in [0.29, 0.717) is 24.4 Å². The monoisotopic (exact) mass is 299 g/mol. The SMILES string of the molecule is CCN(CC)C(=O)c1c(C)nc2ccc(C(F)(F)F)cn12. The molecular formula is C14H16F3N3O. The number of hydrogen-bond acceptors (Lipinski definition) is 2. The highest BCUT2D eigenvalue weighted by molar-refractivity contribution is 5.94. The first kappa shape index (κ1) is 15.3. The van der Waals surface area contributed by atoms with Crippen LogP contribution >= 0.6 is 0 Å². The van der Waals surface area contributed by atoms with E-state index >= 15 is 0 Å². The van der Waals surface area contributed by atoms with Gasteiger partial charge < -0.3 is 4.90 Å². The second kappa shape index (κ2) is 5.38. The Labute approximate surface area is 120 Å². The molecule has 2 aromatic rings. The van der Waals surface area contributed by atoms with E-state index in [4.69, 9.17) is 0 Å². The summed E-state index contributed by atoms with van der Waals surface area (Å²) in [5, 5.41) is 0. The van der Waals surface area contributed by atoms with E-state index in [-0.39, 0.29) is 11.6 Å². The zero-order valence-electron chi connectivity index (χ0n) is 12.0. The average molecular weight is 299 g/mol. The molecule has 7 heteroatoms. The van der Waals surface area contributed by atoms with Gasteiger partial charge in [0, 0.05) is 19.3 Å². The number of nitrogens with zero attached hydrogens (tertiary/aromatic N) is 3. The van der Waals surface area contributed by atoms with E-state index in [9.17, 15) is 18.0 Å². The van der Waals surface area contributed by atoms with E-state index in [1.54, 1.807) is 11.8 Å². The number of rotatable bonds is 3. The number of halogens is 3. The minimum absolute atomic E-state index is 0.180. The Hall–Kier alpha value is -2.05. The number of pyridine rings is 1. The summed E-state index contributed by atoms with van der Waals surface area (Å²) in [5.74, 6) is -0.315. The molecular weight excluding hydrogens is 283 g/mol. The minimum atomic E-state index is -4.46. The summed E-state index contributed by atoms with van der Waals surface area (Å²) in [6.07, 6.45) is -3.53. The zero-order chi connectivity index (χ0) is 15.8. The first-order chi connectivity index (χ1) is 9.79. The van der Waals surface area contributed by atoms with Gasteiger partial charge in [0.2, 0.25) is 0 Å². The molecule has 2 rings (SSSR count). The van der Waals surface area contributed by atoms with E-state index in [1.807, 2.05) is 13.8 Å². The summed E-state index contributed by atoms with van der Waals surface area (Å²) in [4.78, 5) is 18.2. The van der Waals surface area contributed by atoms with Crippen molar-refractivity contribution in [3.8, 4) is 0 Å². The van der Waals surface area contributed by atoms with Crippen LogP contribution in [0.5, 0.6) is 0 Å². The highest BCUT2D eigenvalue weighted by atomic mass is 19.4. The third-order valence-electron chi connectivity index (χ3n) is 3.37. The van der Waals surface area contributed by atoms with Gasteiger partial charge in [-0.3, -0.25) is 9.20 Å². The molecule has 0 fully saturated rings. The van der Waals surface area contributed by atoms with Crippen LogP contribution in [0.3, 0.4) is 0 Å². The van der Waals surface area contributed by atoms with E-state index in [1.165, 1.54) is 10.5 Å². The third kappa shape index (κ3) is 2.72. The molecule has 2 heterocycles. The molecule has 0 aliphatic carbocycles. The Morgan fingerprint density at radius 2 is 1.90 bits per heavy atom. The number of amides is 1. The predicted octanol–water partition coefficient (Wildman–Crippen LogP) is 3.14. The lowest BCUT2D eigenvalue weighted by molar-refractivity contribution is -0.137. The molecule has 1 amide bonds. The normalized spacial score (nSPS) is 11.9. The lowest BCUT2D eigenvalue weighted by atomic mass is 10.2. The Bertz CT molecular complexity index is 672. The van der Waals surface area contributed by atoms with Crippen molar-refractivity contribution in [3.05, 3.63) is 35.3 Å². The fraction of sp³-hybridized carbons (Fsp3) is 0.429. The van der Waals surface area contributed by atoms with Crippen LogP contribution in [0.4, 0.5) is 13.2 Å². The maximum atomic E-state index is 12.8. The number of alkyl halides is 3. The van der Waals surface area contributed by atoms with Crippen LogP contribution in [0, 0.1) is 6.92 Å². The van der Waals surface area contributed by atoms with Crippen LogP contribution in [0.15, 0.2) is 18.3 Å². The highest BCUT2D eigenvalue weighted by Crippen LogP contribution is 2.30. The van der Waals surface area contributed by atoms with Gasteiger partial charge in [-0.2, -0.15) is 13.2 Å². The summed E-state index contributed by atoms with van der Waals surface area (Å²) < 4.78 is 39.7. The van der Waals surface area contributed by atoms with Crippen LogP contribution < -0.4 is 0 Å². The minimum Gasteiger partial charge on any atom is -0.338 e. The number of carbonyl (C=O) groups is 1. The molecule has 0 aromatic carbocycles. The maximum Gasteiger partial charge on any atom is 0.417 e. The molecule has 114 valence electrons. The molecule has 0 aliphatic heterocycles. The van der Waals surface area contributed by atoms with Crippen molar-refractivity contribution in [2.24, 2.45) is 0 Å². The molecule has 0 N–H and O–H groups in total. The first-order valence-electron chi connectivity index (χ1n) is 6.64. The lowest BCUT2D eigenvalue weighted by Gasteiger charge is -2.18. The van der Waals surface area contributed by atoms with Gasteiger partial charge in [-0.25, -0.2) is 4.98 Å². The Morgan fingerprint density at radius 3 is 2.43 bits per heavy atom. The van der Waals surface area contributed by atoms with E-state index < -0.39 is 11.7 Å². The van der Waals surface area contributed by atoms with Crippen molar-refractivity contribution in [2.45, 2.75) is 26.9 Å². The van der Waals surface area contributed by atoms with Gasteiger partial charge in [-0.15, -0.1) is 0 Å².